The highest BCUT2D eigenvalue weighted by molar-refractivity contribution is 14.1. The van der Waals surface area contributed by atoms with Gasteiger partial charge in [0.15, 0.2) is 5.82 Å². The normalized spacial score (nSPS) is 10.6. The van der Waals surface area contributed by atoms with E-state index in [9.17, 15) is 4.79 Å². The Balaban J connectivity index is 2.46. The molecule has 0 fully saturated rings. The second-order valence-electron chi connectivity index (χ2n) is 3.35. The Bertz CT molecular complexity index is 546. The van der Waals surface area contributed by atoms with Crippen LogP contribution in [-0.2, 0) is 6.54 Å². The zero-order chi connectivity index (χ0) is 11.5. The molecule has 0 aromatic carbocycles. The van der Waals surface area contributed by atoms with Crippen LogP contribution in [0, 0.1) is 3.57 Å². The third-order valence-electron chi connectivity index (χ3n) is 2.15. The summed E-state index contributed by atoms with van der Waals surface area (Å²) in [4.78, 5) is 18.4. The summed E-state index contributed by atoms with van der Waals surface area (Å²) in [5.74, 6) is 0.566. The smallest absolute Gasteiger partial charge is 0.264 e. The first-order valence-corrected chi connectivity index (χ1v) is 6.07. The quantitative estimate of drug-likeness (QED) is 0.871. The first-order chi connectivity index (χ1) is 7.72. The van der Waals surface area contributed by atoms with Crippen LogP contribution in [0.3, 0.4) is 0 Å². The Labute approximate surface area is 106 Å². The number of halogens is 1. The van der Waals surface area contributed by atoms with Gasteiger partial charge < -0.3 is 4.98 Å². The molecule has 0 saturated heterocycles. The van der Waals surface area contributed by atoms with E-state index >= 15 is 0 Å². The molecule has 2 aromatic heterocycles. The Morgan fingerprint density at radius 1 is 1.56 bits per heavy atom. The van der Waals surface area contributed by atoms with Gasteiger partial charge in [0, 0.05) is 18.9 Å². The number of aromatic nitrogens is 4. The minimum atomic E-state index is -0.116. The fourth-order valence-corrected chi connectivity index (χ4v) is 1.71. The number of rotatable bonds is 3. The summed E-state index contributed by atoms with van der Waals surface area (Å²) in [7, 11) is 0. The summed E-state index contributed by atoms with van der Waals surface area (Å²) in [6, 6.07) is 1.85. The van der Waals surface area contributed by atoms with Crippen LogP contribution in [0.2, 0.25) is 0 Å². The molecule has 0 aliphatic rings. The molecule has 6 heteroatoms. The summed E-state index contributed by atoms with van der Waals surface area (Å²) in [5, 5.41) is 4.19. The van der Waals surface area contributed by atoms with E-state index in [0.29, 0.717) is 9.39 Å². The summed E-state index contributed by atoms with van der Waals surface area (Å²) >= 11 is 1.96. The van der Waals surface area contributed by atoms with Crippen LogP contribution < -0.4 is 5.56 Å². The van der Waals surface area contributed by atoms with Crippen molar-refractivity contribution < 1.29 is 0 Å². The monoisotopic (exact) mass is 330 g/mol. The molecule has 0 aliphatic heterocycles. The maximum absolute atomic E-state index is 11.5. The fourth-order valence-electron chi connectivity index (χ4n) is 1.43. The van der Waals surface area contributed by atoms with Crippen molar-refractivity contribution in [2.45, 2.75) is 19.9 Å². The van der Waals surface area contributed by atoms with Gasteiger partial charge >= 0.3 is 0 Å². The average Bonchev–Trinajstić information content (AvgIpc) is 2.71. The van der Waals surface area contributed by atoms with Gasteiger partial charge in [-0.1, -0.05) is 6.92 Å². The molecule has 0 radical (unpaired) electrons. The molecule has 0 bridgehead atoms. The van der Waals surface area contributed by atoms with E-state index in [-0.39, 0.29) is 5.56 Å². The lowest BCUT2D eigenvalue weighted by Crippen LogP contribution is -2.13. The summed E-state index contributed by atoms with van der Waals surface area (Å²) in [5.41, 5.74) is 0.727. The van der Waals surface area contributed by atoms with Crippen molar-refractivity contribution in [2.75, 3.05) is 0 Å². The highest BCUT2D eigenvalue weighted by Crippen LogP contribution is 2.13. The van der Waals surface area contributed by atoms with Gasteiger partial charge in [0.25, 0.3) is 5.56 Å². The minimum absolute atomic E-state index is 0.116. The van der Waals surface area contributed by atoms with Gasteiger partial charge in [0.05, 0.1) is 3.57 Å². The first kappa shape index (κ1) is 11.3. The zero-order valence-electron chi connectivity index (χ0n) is 8.77. The van der Waals surface area contributed by atoms with E-state index < -0.39 is 0 Å². The molecule has 0 atom stereocenters. The number of aryl methyl sites for hydroxylation is 1. The van der Waals surface area contributed by atoms with Crippen molar-refractivity contribution in [3.05, 3.63) is 32.4 Å². The van der Waals surface area contributed by atoms with E-state index in [2.05, 4.69) is 22.0 Å². The van der Waals surface area contributed by atoms with Crippen LogP contribution in [0.1, 0.15) is 13.3 Å². The van der Waals surface area contributed by atoms with Crippen LogP contribution >= 0.6 is 22.6 Å². The average molecular weight is 330 g/mol. The van der Waals surface area contributed by atoms with Gasteiger partial charge in [0.1, 0.15) is 5.69 Å². The number of hydrogen-bond donors (Lipinski definition) is 1. The van der Waals surface area contributed by atoms with Crippen LogP contribution in [0.25, 0.3) is 11.5 Å². The number of nitrogens with one attached hydrogen (secondary N) is 1. The van der Waals surface area contributed by atoms with Crippen molar-refractivity contribution >= 4 is 22.6 Å². The molecule has 2 heterocycles. The van der Waals surface area contributed by atoms with Crippen LogP contribution in [-0.4, -0.2) is 19.7 Å². The van der Waals surface area contributed by atoms with E-state index in [1.807, 2.05) is 33.3 Å². The van der Waals surface area contributed by atoms with E-state index in [1.165, 1.54) is 0 Å². The first-order valence-electron chi connectivity index (χ1n) is 4.99. The molecule has 0 spiro atoms. The van der Waals surface area contributed by atoms with E-state index in [1.54, 1.807) is 12.4 Å². The summed E-state index contributed by atoms with van der Waals surface area (Å²) in [6.45, 7) is 2.90. The molecule has 2 rings (SSSR count). The Morgan fingerprint density at radius 3 is 3.06 bits per heavy atom. The zero-order valence-corrected chi connectivity index (χ0v) is 10.9. The highest BCUT2D eigenvalue weighted by Gasteiger charge is 2.07. The number of H-pyrrole nitrogens is 1. The molecule has 2 aromatic rings. The maximum atomic E-state index is 11.5. The Hall–Kier alpha value is -1.18. The van der Waals surface area contributed by atoms with Gasteiger partial charge in [-0.05, 0) is 35.1 Å². The van der Waals surface area contributed by atoms with E-state index in [0.717, 1.165) is 18.7 Å². The van der Waals surface area contributed by atoms with Crippen molar-refractivity contribution in [2.24, 2.45) is 0 Å². The highest BCUT2D eigenvalue weighted by atomic mass is 127. The molecular weight excluding hydrogens is 319 g/mol. The summed E-state index contributed by atoms with van der Waals surface area (Å²) in [6.07, 6.45) is 4.27. The third kappa shape index (κ3) is 2.16. The maximum Gasteiger partial charge on any atom is 0.264 e. The number of nitrogens with zero attached hydrogens (tertiary/aromatic N) is 3. The van der Waals surface area contributed by atoms with Gasteiger partial charge in [-0.3, -0.25) is 9.48 Å². The molecular formula is C10H11IN4O. The van der Waals surface area contributed by atoms with Crippen molar-refractivity contribution in [1.82, 2.24) is 19.7 Å². The van der Waals surface area contributed by atoms with Crippen LogP contribution in [0.5, 0.6) is 0 Å². The number of hydrogen-bond acceptors (Lipinski definition) is 3. The Morgan fingerprint density at radius 2 is 2.38 bits per heavy atom. The van der Waals surface area contributed by atoms with Gasteiger partial charge in [-0.2, -0.15) is 5.10 Å². The largest absolute Gasteiger partial charge is 0.304 e. The molecule has 16 heavy (non-hydrogen) atoms. The van der Waals surface area contributed by atoms with E-state index in [4.69, 9.17) is 0 Å². The van der Waals surface area contributed by atoms with Crippen LogP contribution in [0.15, 0.2) is 23.3 Å². The lowest BCUT2D eigenvalue weighted by atomic mass is 10.3. The number of aromatic amines is 1. The fraction of sp³-hybridized carbons (Fsp3) is 0.300. The predicted molar refractivity (Wildman–Crippen MR) is 69.1 cm³/mol. The molecule has 84 valence electrons. The van der Waals surface area contributed by atoms with Gasteiger partial charge in [-0.25, -0.2) is 4.98 Å². The topological polar surface area (TPSA) is 63.6 Å². The third-order valence-corrected chi connectivity index (χ3v) is 2.92. The lowest BCUT2D eigenvalue weighted by Gasteiger charge is -2.04. The molecule has 5 nitrogen and oxygen atoms in total. The molecule has 1 N–H and O–H groups in total. The summed E-state index contributed by atoms with van der Waals surface area (Å²) < 4.78 is 2.42. The van der Waals surface area contributed by atoms with Crippen molar-refractivity contribution in [3.63, 3.8) is 0 Å². The van der Waals surface area contributed by atoms with Crippen LogP contribution in [0.4, 0.5) is 0 Å². The second kappa shape index (κ2) is 4.77. The molecule has 0 aliphatic carbocycles. The molecule has 0 saturated carbocycles. The Kier molecular flexibility index (Phi) is 3.37. The predicted octanol–water partition coefficient (Wildman–Crippen LogP) is 1.65. The molecule has 0 amide bonds. The van der Waals surface area contributed by atoms with Gasteiger partial charge in [0.2, 0.25) is 0 Å². The van der Waals surface area contributed by atoms with Gasteiger partial charge in [-0.15, -0.1) is 0 Å². The SMILES string of the molecule is CCCn1nccc1-c1ncc(I)c(=O)[nH]1. The second-order valence-corrected chi connectivity index (χ2v) is 4.51. The lowest BCUT2D eigenvalue weighted by molar-refractivity contribution is 0.606. The minimum Gasteiger partial charge on any atom is -0.304 e. The standard InChI is InChI=1S/C10H11IN4O/c1-2-5-15-8(3-4-13-15)9-12-6-7(11)10(16)14-9/h3-4,6H,2,5H2,1H3,(H,12,14,16). The van der Waals surface area contributed by atoms with Crippen molar-refractivity contribution in [3.8, 4) is 11.5 Å². The molecule has 0 unspecified atom stereocenters. The van der Waals surface area contributed by atoms with Crippen molar-refractivity contribution in [1.29, 1.82) is 0 Å².